The minimum Gasteiger partial charge on any atom is -0.508 e. The zero-order chi connectivity index (χ0) is 12.8. The van der Waals surface area contributed by atoms with Gasteiger partial charge in [-0.15, -0.1) is 0 Å². The van der Waals surface area contributed by atoms with Crippen molar-refractivity contribution >= 4 is 6.08 Å². The van der Waals surface area contributed by atoms with Crippen LogP contribution in [0.2, 0.25) is 0 Å². The molecule has 0 aromatic heterocycles. The van der Waals surface area contributed by atoms with E-state index in [-0.39, 0.29) is 5.75 Å². The lowest BCUT2D eigenvalue weighted by Crippen LogP contribution is -1.84. The fraction of sp³-hybridized carbons (Fsp3) is 0.0667. The van der Waals surface area contributed by atoms with Gasteiger partial charge in [0.1, 0.15) is 17.2 Å². The maximum atomic E-state index is 9.49. The Morgan fingerprint density at radius 1 is 1.00 bits per heavy atom. The molecule has 0 saturated carbocycles. The van der Waals surface area contributed by atoms with Gasteiger partial charge in [0.15, 0.2) is 0 Å². The van der Waals surface area contributed by atoms with Gasteiger partial charge in [0.2, 0.25) is 0 Å². The molecule has 3 nitrogen and oxygen atoms in total. The molecule has 2 rings (SSSR count). The summed E-state index contributed by atoms with van der Waals surface area (Å²) in [6.45, 7) is 0. The maximum Gasteiger partial charge on any atom is 0.126 e. The molecule has 0 atom stereocenters. The predicted octanol–water partition coefficient (Wildman–Crippen LogP) is 3.45. The third-order valence-electron chi connectivity index (χ3n) is 2.36. The first kappa shape index (κ1) is 12.0. The van der Waals surface area contributed by atoms with Crippen LogP contribution >= 0.6 is 0 Å². The van der Waals surface area contributed by atoms with Crippen LogP contribution in [0.25, 0.3) is 6.08 Å². The highest BCUT2D eigenvalue weighted by Crippen LogP contribution is 2.22. The smallest absolute Gasteiger partial charge is 0.126 e. The Balaban J connectivity index is 2.07. The third-order valence-corrected chi connectivity index (χ3v) is 2.36. The predicted molar refractivity (Wildman–Crippen MR) is 70.8 cm³/mol. The van der Waals surface area contributed by atoms with Crippen LogP contribution < -0.4 is 9.47 Å². The quantitative estimate of drug-likeness (QED) is 0.834. The fourth-order valence-electron chi connectivity index (χ4n) is 1.51. The maximum absolute atomic E-state index is 9.49. The Kier molecular flexibility index (Phi) is 3.86. The normalized spacial score (nSPS) is 10.5. The number of rotatable bonds is 4. The summed E-state index contributed by atoms with van der Waals surface area (Å²) in [6.07, 6.45) is 3.33. The molecule has 0 aliphatic heterocycles. The first-order valence-electron chi connectivity index (χ1n) is 5.54. The van der Waals surface area contributed by atoms with Gasteiger partial charge in [-0.3, -0.25) is 0 Å². The lowest BCUT2D eigenvalue weighted by Gasteiger charge is -2.03. The summed E-state index contributed by atoms with van der Waals surface area (Å²) in [7, 11) is 1.56. The highest BCUT2D eigenvalue weighted by Gasteiger charge is 1.97. The summed E-state index contributed by atoms with van der Waals surface area (Å²) in [6, 6.07) is 14.5. The molecule has 0 heterocycles. The Labute approximate surface area is 106 Å². The molecule has 0 aliphatic rings. The number of benzene rings is 2. The van der Waals surface area contributed by atoms with Crippen molar-refractivity contribution in [2.24, 2.45) is 0 Å². The van der Waals surface area contributed by atoms with Gasteiger partial charge in [0.25, 0.3) is 0 Å². The molecule has 0 aliphatic carbocycles. The zero-order valence-electron chi connectivity index (χ0n) is 10.0. The van der Waals surface area contributed by atoms with Crippen LogP contribution in [0, 0.1) is 0 Å². The summed E-state index contributed by atoms with van der Waals surface area (Å²) in [4.78, 5) is 0. The van der Waals surface area contributed by atoms with Gasteiger partial charge in [-0.2, -0.15) is 0 Å². The van der Waals surface area contributed by atoms with E-state index in [1.54, 1.807) is 31.6 Å². The van der Waals surface area contributed by atoms with Gasteiger partial charge < -0.3 is 14.6 Å². The van der Waals surface area contributed by atoms with Gasteiger partial charge in [-0.05, 0) is 35.9 Å². The summed E-state index contributed by atoms with van der Waals surface area (Å²) in [5.41, 5.74) is 0.808. The number of methoxy groups -OCH3 is 1. The molecule has 0 amide bonds. The van der Waals surface area contributed by atoms with E-state index >= 15 is 0 Å². The minimum absolute atomic E-state index is 0.161. The second-order valence-corrected chi connectivity index (χ2v) is 3.70. The molecule has 0 bridgehead atoms. The van der Waals surface area contributed by atoms with E-state index in [1.807, 2.05) is 36.4 Å². The average molecular weight is 242 g/mol. The van der Waals surface area contributed by atoms with E-state index in [4.69, 9.17) is 9.47 Å². The molecular weight excluding hydrogens is 228 g/mol. The van der Waals surface area contributed by atoms with Crippen molar-refractivity contribution in [3.05, 3.63) is 60.4 Å². The van der Waals surface area contributed by atoms with Crippen molar-refractivity contribution in [1.82, 2.24) is 0 Å². The summed E-state index contributed by atoms with van der Waals surface area (Å²) < 4.78 is 10.5. The molecule has 3 heteroatoms. The number of hydrogen-bond donors (Lipinski definition) is 1. The number of ether oxygens (including phenoxy) is 2. The molecule has 0 unspecified atom stereocenters. The van der Waals surface area contributed by atoms with Crippen molar-refractivity contribution in [3.63, 3.8) is 0 Å². The van der Waals surface area contributed by atoms with Crippen LogP contribution in [0.4, 0.5) is 0 Å². The molecule has 0 radical (unpaired) electrons. The van der Waals surface area contributed by atoms with Gasteiger partial charge in [-0.25, -0.2) is 0 Å². The zero-order valence-corrected chi connectivity index (χ0v) is 10.0. The third kappa shape index (κ3) is 3.28. The van der Waals surface area contributed by atoms with Crippen molar-refractivity contribution in [3.8, 4) is 17.2 Å². The number of aromatic hydroxyl groups is 1. The highest BCUT2D eigenvalue weighted by atomic mass is 16.5. The molecule has 0 fully saturated rings. The van der Waals surface area contributed by atoms with E-state index in [2.05, 4.69) is 0 Å². The SMILES string of the molecule is COc1cc(O)cc(/C=C/Oc2ccccc2)c1. The largest absolute Gasteiger partial charge is 0.508 e. The standard InChI is InChI=1S/C15H14O3/c1-17-15-10-12(9-13(16)11-15)7-8-18-14-5-3-2-4-6-14/h2-11,16H,1H3/b8-7+. The average Bonchev–Trinajstić information content (AvgIpc) is 2.39. The van der Waals surface area contributed by atoms with Gasteiger partial charge in [0.05, 0.1) is 13.4 Å². The minimum atomic E-state index is 0.161. The Morgan fingerprint density at radius 3 is 2.50 bits per heavy atom. The van der Waals surface area contributed by atoms with E-state index in [0.717, 1.165) is 11.3 Å². The van der Waals surface area contributed by atoms with Crippen molar-refractivity contribution in [2.45, 2.75) is 0 Å². The molecule has 2 aromatic carbocycles. The Bertz CT molecular complexity index is 533. The number of hydrogen-bond acceptors (Lipinski definition) is 3. The molecule has 92 valence electrons. The lowest BCUT2D eigenvalue weighted by molar-refractivity contribution is 0.407. The summed E-state index contributed by atoms with van der Waals surface area (Å²) >= 11 is 0. The van der Waals surface area contributed by atoms with Crippen molar-refractivity contribution in [1.29, 1.82) is 0 Å². The number of phenols is 1. The van der Waals surface area contributed by atoms with Crippen LogP contribution in [0.5, 0.6) is 17.2 Å². The number of phenolic OH excluding ortho intramolecular Hbond substituents is 1. The Morgan fingerprint density at radius 2 is 1.78 bits per heavy atom. The molecule has 0 saturated heterocycles. The van der Waals surface area contributed by atoms with Crippen LogP contribution in [0.3, 0.4) is 0 Å². The van der Waals surface area contributed by atoms with E-state index in [1.165, 1.54) is 0 Å². The second kappa shape index (κ2) is 5.77. The Hall–Kier alpha value is -2.42. The van der Waals surface area contributed by atoms with Crippen LogP contribution in [0.15, 0.2) is 54.8 Å². The van der Waals surface area contributed by atoms with Crippen LogP contribution in [-0.2, 0) is 0 Å². The van der Waals surface area contributed by atoms with Crippen molar-refractivity contribution < 1.29 is 14.6 Å². The van der Waals surface area contributed by atoms with Crippen molar-refractivity contribution in [2.75, 3.05) is 7.11 Å². The van der Waals surface area contributed by atoms with Crippen LogP contribution in [-0.4, -0.2) is 12.2 Å². The molecular formula is C15H14O3. The fourth-order valence-corrected chi connectivity index (χ4v) is 1.51. The van der Waals surface area contributed by atoms with Gasteiger partial charge >= 0.3 is 0 Å². The lowest BCUT2D eigenvalue weighted by atomic mass is 10.2. The molecule has 0 spiro atoms. The first-order chi connectivity index (χ1) is 8.78. The first-order valence-corrected chi connectivity index (χ1v) is 5.54. The van der Waals surface area contributed by atoms with E-state index < -0.39 is 0 Å². The topological polar surface area (TPSA) is 38.7 Å². The van der Waals surface area contributed by atoms with Gasteiger partial charge in [-0.1, -0.05) is 18.2 Å². The van der Waals surface area contributed by atoms with Crippen LogP contribution in [0.1, 0.15) is 5.56 Å². The second-order valence-electron chi connectivity index (χ2n) is 3.70. The highest BCUT2D eigenvalue weighted by molar-refractivity contribution is 5.54. The molecule has 18 heavy (non-hydrogen) atoms. The summed E-state index contributed by atoms with van der Waals surface area (Å²) in [5.74, 6) is 1.53. The van der Waals surface area contributed by atoms with Gasteiger partial charge in [0, 0.05) is 6.07 Å². The van der Waals surface area contributed by atoms with E-state index in [0.29, 0.717) is 5.75 Å². The molecule has 2 aromatic rings. The summed E-state index contributed by atoms with van der Waals surface area (Å²) in [5, 5.41) is 9.49. The molecule has 1 N–H and O–H groups in total. The number of para-hydroxylation sites is 1. The monoisotopic (exact) mass is 242 g/mol. The van der Waals surface area contributed by atoms with E-state index in [9.17, 15) is 5.11 Å².